The minimum Gasteiger partial charge on any atom is -0.308 e. The molecule has 0 bridgehead atoms. The summed E-state index contributed by atoms with van der Waals surface area (Å²) < 4.78 is 1.85. The minimum atomic E-state index is -0.0688. The topological polar surface area (TPSA) is 62.2 Å². The number of anilines is 1. The van der Waals surface area contributed by atoms with Gasteiger partial charge in [-0.1, -0.05) is 6.42 Å². The lowest BCUT2D eigenvalue weighted by Crippen LogP contribution is -2.43. The van der Waals surface area contributed by atoms with Crippen LogP contribution in [0.4, 0.5) is 5.82 Å². The van der Waals surface area contributed by atoms with Crippen LogP contribution < -0.4 is 10.6 Å². The molecule has 0 spiro atoms. The van der Waals surface area contributed by atoms with Gasteiger partial charge in [0, 0.05) is 18.8 Å². The Morgan fingerprint density at radius 3 is 3.11 bits per heavy atom. The normalized spacial score (nSPS) is 19.6. The smallest absolute Gasteiger partial charge is 0.242 e. The summed E-state index contributed by atoms with van der Waals surface area (Å²) in [4.78, 5) is 14.1. The van der Waals surface area contributed by atoms with Crippen molar-refractivity contribution >= 4 is 11.7 Å². The molecule has 1 aliphatic heterocycles. The lowest BCUT2D eigenvalue weighted by atomic mass is 10.0. The van der Waals surface area contributed by atoms with Gasteiger partial charge in [0.1, 0.15) is 0 Å². The Labute approximate surface area is 114 Å². The zero-order chi connectivity index (χ0) is 13.7. The maximum absolute atomic E-state index is 12.0. The third-order valence-electron chi connectivity index (χ3n) is 3.30. The first-order valence-corrected chi connectivity index (χ1v) is 6.87. The van der Waals surface area contributed by atoms with Crippen molar-refractivity contribution in [3.63, 3.8) is 0 Å². The molecule has 2 N–H and O–H groups in total. The van der Waals surface area contributed by atoms with E-state index in [0.29, 0.717) is 5.82 Å². The molecule has 0 aliphatic carbocycles. The van der Waals surface area contributed by atoms with E-state index in [2.05, 4.69) is 20.6 Å². The molecule has 0 saturated carbocycles. The largest absolute Gasteiger partial charge is 0.308 e. The second-order valence-corrected chi connectivity index (χ2v) is 5.26. The van der Waals surface area contributed by atoms with E-state index in [-0.39, 0.29) is 11.9 Å². The molecule has 0 unspecified atom stereocenters. The maximum atomic E-state index is 12.0. The molecule has 1 atom stereocenters. The van der Waals surface area contributed by atoms with Crippen molar-refractivity contribution in [3.8, 4) is 0 Å². The van der Waals surface area contributed by atoms with Crippen molar-refractivity contribution in [3.05, 3.63) is 12.3 Å². The van der Waals surface area contributed by atoms with Crippen LogP contribution in [-0.2, 0) is 11.3 Å². The van der Waals surface area contributed by atoms with E-state index in [1.165, 1.54) is 0 Å². The third kappa shape index (κ3) is 4.33. The van der Waals surface area contributed by atoms with E-state index in [4.69, 9.17) is 0 Å². The summed E-state index contributed by atoms with van der Waals surface area (Å²) in [7, 11) is 4.06. The van der Waals surface area contributed by atoms with Crippen molar-refractivity contribution in [2.75, 3.05) is 32.5 Å². The van der Waals surface area contributed by atoms with E-state index >= 15 is 0 Å². The summed E-state index contributed by atoms with van der Waals surface area (Å²) in [6, 6.07) is 1.77. The Bertz CT molecular complexity index is 409. The van der Waals surface area contributed by atoms with E-state index < -0.39 is 0 Å². The Morgan fingerprint density at radius 2 is 2.42 bits per heavy atom. The molecular weight excluding hydrogens is 242 g/mol. The van der Waals surface area contributed by atoms with E-state index in [9.17, 15) is 4.79 Å². The number of amides is 1. The van der Waals surface area contributed by atoms with Gasteiger partial charge in [-0.2, -0.15) is 5.10 Å². The molecule has 1 fully saturated rings. The Balaban J connectivity index is 1.83. The van der Waals surface area contributed by atoms with Crippen LogP contribution in [0.2, 0.25) is 0 Å². The molecule has 6 heteroatoms. The van der Waals surface area contributed by atoms with Crippen LogP contribution >= 0.6 is 0 Å². The average Bonchev–Trinajstić information content (AvgIpc) is 2.85. The summed E-state index contributed by atoms with van der Waals surface area (Å²) in [5.41, 5.74) is 0. The van der Waals surface area contributed by atoms with Crippen molar-refractivity contribution in [1.29, 1.82) is 0 Å². The molecule has 2 rings (SSSR count). The van der Waals surface area contributed by atoms with Gasteiger partial charge < -0.3 is 15.5 Å². The third-order valence-corrected chi connectivity index (χ3v) is 3.30. The highest BCUT2D eigenvalue weighted by Crippen LogP contribution is 2.10. The van der Waals surface area contributed by atoms with Gasteiger partial charge in [-0.15, -0.1) is 0 Å². The number of carbonyl (C=O) groups is 1. The number of rotatable bonds is 5. The number of hydrogen-bond acceptors (Lipinski definition) is 4. The molecule has 106 valence electrons. The van der Waals surface area contributed by atoms with Crippen LogP contribution in [0.3, 0.4) is 0 Å². The van der Waals surface area contributed by atoms with Gasteiger partial charge in [-0.3, -0.25) is 9.48 Å². The molecule has 19 heavy (non-hydrogen) atoms. The van der Waals surface area contributed by atoms with Crippen LogP contribution in [0, 0.1) is 0 Å². The van der Waals surface area contributed by atoms with Crippen LogP contribution in [0.1, 0.15) is 19.3 Å². The van der Waals surface area contributed by atoms with Crippen LogP contribution in [0.25, 0.3) is 0 Å². The maximum Gasteiger partial charge on any atom is 0.242 e. The highest BCUT2D eigenvalue weighted by molar-refractivity contribution is 5.94. The number of hydrogen-bond donors (Lipinski definition) is 2. The highest BCUT2D eigenvalue weighted by atomic mass is 16.2. The first kappa shape index (κ1) is 14.0. The van der Waals surface area contributed by atoms with Crippen molar-refractivity contribution in [1.82, 2.24) is 20.0 Å². The molecule has 1 amide bonds. The molecule has 1 aromatic heterocycles. The Hall–Kier alpha value is -1.40. The zero-order valence-corrected chi connectivity index (χ0v) is 11.7. The predicted molar refractivity (Wildman–Crippen MR) is 75.1 cm³/mol. The van der Waals surface area contributed by atoms with Gasteiger partial charge >= 0.3 is 0 Å². The number of piperidine rings is 1. The Morgan fingerprint density at radius 1 is 1.58 bits per heavy atom. The molecule has 0 radical (unpaired) electrons. The first-order valence-electron chi connectivity index (χ1n) is 6.87. The van der Waals surface area contributed by atoms with Crippen molar-refractivity contribution in [2.45, 2.75) is 31.8 Å². The lowest BCUT2D eigenvalue weighted by Gasteiger charge is -2.21. The van der Waals surface area contributed by atoms with Gasteiger partial charge in [0.15, 0.2) is 5.82 Å². The molecule has 2 heterocycles. The monoisotopic (exact) mass is 265 g/mol. The molecule has 1 aromatic rings. The van der Waals surface area contributed by atoms with Gasteiger partial charge in [0.25, 0.3) is 0 Å². The predicted octanol–water partition coefficient (Wildman–Crippen LogP) is 0.525. The molecule has 1 aliphatic rings. The van der Waals surface area contributed by atoms with Gasteiger partial charge in [-0.05, 0) is 33.5 Å². The van der Waals surface area contributed by atoms with Crippen molar-refractivity contribution < 1.29 is 4.79 Å². The summed E-state index contributed by atoms with van der Waals surface area (Å²) in [6.45, 7) is 2.68. The number of nitrogens with one attached hydrogen (secondary N) is 2. The second kappa shape index (κ2) is 6.68. The molecule has 6 nitrogen and oxygen atoms in total. The van der Waals surface area contributed by atoms with E-state index in [1.54, 1.807) is 0 Å². The SMILES string of the molecule is CN(C)CCn1ccc(NC(=O)[C@H]2CCCCN2)n1. The molecule has 0 aromatic carbocycles. The fourth-order valence-electron chi connectivity index (χ4n) is 2.14. The standard InChI is InChI=1S/C13H23N5O/c1-17(2)9-10-18-8-6-12(16-18)15-13(19)11-5-3-4-7-14-11/h6,8,11,14H,3-5,7,9-10H2,1-2H3,(H,15,16,19)/t11-/m1/s1. The second-order valence-electron chi connectivity index (χ2n) is 5.26. The highest BCUT2D eigenvalue weighted by Gasteiger charge is 2.20. The average molecular weight is 265 g/mol. The lowest BCUT2D eigenvalue weighted by molar-refractivity contribution is -0.118. The fourth-order valence-corrected chi connectivity index (χ4v) is 2.14. The summed E-state index contributed by atoms with van der Waals surface area (Å²) in [5.74, 6) is 0.661. The van der Waals surface area contributed by atoms with Crippen LogP contribution in [-0.4, -0.2) is 53.8 Å². The quantitative estimate of drug-likeness (QED) is 0.815. The summed E-state index contributed by atoms with van der Waals surface area (Å²) in [6.07, 6.45) is 5.08. The number of carbonyl (C=O) groups excluding carboxylic acids is 1. The number of aromatic nitrogens is 2. The Kier molecular flexibility index (Phi) is 4.93. The van der Waals surface area contributed by atoms with Gasteiger partial charge in [0.05, 0.1) is 12.6 Å². The van der Waals surface area contributed by atoms with E-state index in [1.807, 2.05) is 31.0 Å². The van der Waals surface area contributed by atoms with Crippen molar-refractivity contribution in [2.24, 2.45) is 0 Å². The molecule has 1 saturated heterocycles. The van der Waals surface area contributed by atoms with E-state index in [0.717, 1.165) is 38.9 Å². The fraction of sp³-hybridized carbons (Fsp3) is 0.692. The van der Waals surface area contributed by atoms with Gasteiger partial charge in [-0.25, -0.2) is 0 Å². The number of likely N-dealkylation sites (N-methyl/N-ethyl adjacent to an activating group) is 1. The van der Waals surface area contributed by atoms with Crippen LogP contribution in [0.5, 0.6) is 0 Å². The zero-order valence-electron chi connectivity index (χ0n) is 11.7. The van der Waals surface area contributed by atoms with Crippen LogP contribution in [0.15, 0.2) is 12.3 Å². The first-order chi connectivity index (χ1) is 9.15. The number of nitrogens with zero attached hydrogens (tertiary/aromatic N) is 3. The minimum absolute atomic E-state index is 0.0255. The summed E-state index contributed by atoms with van der Waals surface area (Å²) >= 11 is 0. The van der Waals surface area contributed by atoms with Gasteiger partial charge in [0.2, 0.25) is 5.91 Å². The summed E-state index contributed by atoms with van der Waals surface area (Å²) in [5, 5.41) is 10.5. The molecular formula is C13H23N5O.